The summed E-state index contributed by atoms with van der Waals surface area (Å²) in [6.07, 6.45) is 0.332. The van der Waals surface area contributed by atoms with Gasteiger partial charge in [-0.25, -0.2) is 4.39 Å². The molecule has 0 saturated carbocycles. The highest BCUT2D eigenvalue weighted by atomic mass is 79.9. The van der Waals surface area contributed by atoms with Crippen LogP contribution in [0.2, 0.25) is 0 Å². The van der Waals surface area contributed by atoms with Gasteiger partial charge in [0.25, 0.3) is 0 Å². The molecule has 0 spiro atoms. The van der Waals surface area contributed by atoms with Crippen molar-refractivity contribution in [1.29, 1.82) is 0 Å². The number of hydrogen-bond acceptors (Lipinski definition) is 2. The summed E-state index contributed by atoms with van der Waals surface area (Å²) in [4.78, 5) is 0. The minimum Gasteiger partial charge on any atom is -0.391 e. The van der Waals surface area contributed by atoms with Crippen molar-refractivity contribution < 1.29 is 9.50 Å². The number of rotatable bonds is 4. The number of aliphatic hydroxyl groups is 1. The van der Waals surface area contributed by atoms with Crippen molar-refractivity contribution in [2.75, 3.05) is 11.9 Å². The normalized spacial score (nSPS) is 12.6. The van der Waals surface area contributed by atoms with Crippen molar-refractivity contribution >= 4 is 21.6 Å². The van der Waals surface area contributed by atoms with Crippen molar-refractivity contribution in [2.45, 2.75) is 19.4 Å². The average molecular weight is 262 g/mol. The molecule has 0 heterocycles. The second kappa shape index (κ2) is 5.32. The molecule has 1 atom stereocenters. The molecular weight excluding hydrogens is 249 g/mol. The first-order valence-corrected chi connectivity index (χ1v) is 5.29. The smallest absolute Gasteiger partial charge is 0.124 e. The first-order valence-electron chi connectivity index (χ1n) is 4.50. The van der Waals surface area contributed by atoms with Gasteiger partial charge in [0.2, 0.25) is 0 Å². The van der Waals surface area contributed by atoms with Crippen molar-refractivity contribution in [1.82, 2.24) is 0 Å². The molecule has 14 heavy (non-hydrogen) atoms. The third kappa shape index (κ3) is 3.27. The summed E-state index contributed by atoms with van der Waals surface area (Å²) in [6.45, 7) is 2.38. The molecule has 0 aliphatic rings. The van der Waals surface area contributed by atoms with Crippen molar-refractivity contribution in [3.63, 3.8) is 0 Å². The van der Waals surface area contributed by atoms with Gasteiger partial charge in [-0.2, -0.15) is 0 Å². The van der Waals surface area contributed by atoms with Crippen LogP contribution in [0.25, 0.3) is 0 Å². The molecule has 0 aromatic heterocycles. The summed E-state index contributed by atoms with van der Waals surface area (Å²) >= 11 is 3.23. The number of aliphatic hydroxyl groups excluding tert-OH is 1. The van der Waals surface area contributed by atoms with Crippen LogP contribution in [0.3, 0.4) is 0 Å². The van der Waals surface area contributed by atoms with E-state index in [1.54, 1.807) is 6.07 Å². The van der Waals surface area contributed by atoms with E-state index in [-0.39, 0.29) is 11.9 Å². The molecule has 2 nitrogen and oxygen atoms in total. The Morgan fingerprint density at radius 2 is 2.29 bits per heavy atom. The van der Waals surface area contributed by atoms with Crippen LogP contribution in [0.1, 0.15) is 13.3 Å². The van der Waals surface area contributed by atoms with Crippen LogP contribution < -0.4 is 5.32 Å². The third-order valence-electron chi connectivity index (χ3n) is 1.93. The molecule has 0 amide bonds. The summed E-state index contributed by atoms with van der Waals surface area (Å²) in [5, 5.41) is 12.3. The summed E-state index contributed by atoms with van der Waals surface area (Å²) < 4.78 is 13.4. The third-order valence-corrected chi connectivity index (χ3v) is 2.59. The predicted molar refractivity (Wildman–Crippen MR) is 58.9 cm³/mol. The number of halogens is 2. The fraction of sp³-hybridized carbons (Fsp3) is 0.400. The Balaban J connectivity index is 2.59. The highest BCUT2D eigenvalue weighted by molar-refractivity contribution is 9.10. The Hall–Kier alpha value is -0.610. The Morgan fingerprint density at radius 1 is 1.57 bits per heavy atom. The van der Waals surface area contributed by atoms with Gasteiger partial charge < -0.3 is 10.4 Å². The van der Waals surface area contributed by atoms with E-state index in [1.807, 2.05) is 6.92 Å². The Morgan fingerprint density at radius 3 is 2.86 bits per heavy atom. The molecule has 0 aliphatic heterocycles. The number of nitrogens with one attached hydrogen (secondary N) is 1. The monoisotopic (exact) mass is 261 g/mol. The van der Waals surface area contributed by atoms with E-state index in [0.29, 0.717) is 17.4 Å². The molecule has 0 radical (unpaired) electrons. The first kappa shape index (κ1) is 11.5. The molecule has 0 saturated heterocycles. The molecule has 0 fully saturated rings. The van der Waals surface area contributed by atoms with Crippen molar-refractivity contribution in [3.05, 3.63) is 28.5 Å². The summed E-state index contributed by atoms with van der Waals surface area (Å²) in [6, 6.07) is 4.41. The average Bonchev–Trinajstić information content (AvgIpc) is 2.16. The zero-order valence-electron chi connectivity index (χ0n) is 7.93. The van der Waals surface area contributed by atoms with Crippen molar-refractivity contribution in [2.24, 2.45) is 0 Å². The van der Waals surface area contributed by atoms with Crippen LogP contribution in [0.15, 0.2) is 22.7 Å². The van der Waals surface area contributed by atoms with E-state index in [0.717, 1.165) is 5.69 Å². The van der Waals surface area contributed by atoms with Crippen molar-refractivity contribution in [3.8, 4) is 0 Å². The molecule has 1 rings (SSSR count). The minimum atomic E-state index is -0.369. The van der Waals surface area contributed by atoms with E-state index in [4.69, 9.17) is 0 Å². The maximum atomic E-state index is 12.7. The Bertz CT molecular complexity index is 306. The zero-order chi connectivity index (χ0) is 10.6. The fourth-order valence-electron chi connectivity index (χ4n) is 1.00. The maximum absolute atomic E-state index is 12.7. The van der Waals surface area contributed by atoms with E-state index in [2.05, 4.69) is 21.2 Å². The second-order valence-corrected chi connectivity index (χ2v) is 3.92. The topological polar surface area (TPSA) is 32.3 Å². The highest BCUT2D eigenvalue weighted by Gasteiger charge is 2.03. The summed E-state index contributed by atoms with van der Waals surface area (Å²) in [7, 11) is 0. The molecule has 78 valence electrons. The molecule has 4 heteroatoms. The van der Waals surface area contributed by atoms with E-state index in [9.17, 15) is 9.50 Å². The van der Waals surface area contributed by atoms with Gasteiger partial charge in [0, 0.05) is 16.7 Å². The quantitative estimate of drug-likeness (QED) is 0.874. The number of hydrogen-bond donors (Lipinski definition) is 2. The lowest BCUT2D eigenvalue weighted by atomic mass is 10.2. The van der Waals surface area contributed by atoms with Gasteiger partial charge in [0.1, 0.15) is 5.82 Å². The zero-order valence-corrected chi connectivity index (χ0v) is 9.51. The van der Waals surface area contributed by atoms with Gasteiger partial charge in [0.15, 0.2) is 0 Å². The van der Waals surface area contributed by atoms with Crippen LogP contribution in [0.4, 0.5) is 10.1 Å². The molecule has 0 aliphatic carbocycles. The van der Waals surface area contributed by atoms with Gasteiger partial charge in [-0.3, -0.25) is 0 Å². The second-order valence-electron chi connectivity index (χ2n) is 3.07. The van der Waals surface area contributed by atoms with Gasteiger partial charge in [-0.05, 0) is 40.5 Å². The van der Waals surface area contributed by atoms with E-state index < -0.39 is 0 Å². The van der Waals surface area contributed by atoms with Crippen LogP contribution in [0.5, 0.6) is 0 Å². The van der Waals surface area contributed by atoms with Gasteiger partial charge >= 0.3 is 0 Å². The standard InChI is InChI=1S/C10H13BrFNO/c1-2-8(14)6-13-10-4-3-7(12)5-9(10)11/h3-5,8,13-14H,2,6H2,1H3/t8-/m1/s1. The predicted octanol–water partition coefficient (Wildman–Crippen LogP) is 2.77. The van der Waals surface area contributed by atoms with Crippen LogP contribution >= 0.6 is 15.9 Å². The SMILES string of the molecule is CC[C@@H](O)CNc1ccc(F)cc1Br. The Kier molecular flexibility index (Phi) is 4.35. The Labute approximate surface area is 91.3 Å². The molecule has 0 bridgehead atoms. The minimum absolute atomic E-state index is 0.279. The summed E-state index contributed by atoms with van der Waals surface area (Å²) in [5.74, 6) is -0.279. The van der Waals surface area contributed by atoms with Crippen LogP contribution in [0, 0.1) is 5.82 Å². The highest BCUT2D eigenvalue weighted by Crippen LogP contribution is 2.22. The van der Waals surface area contributed by atoms with Gasteiger partial charge in [-0.1, -0.05) is 6.92 Å². The first-order chi connectivity index (χ1) is 6.63. The van der Waals surface area contributed by atoms with E-state index >= 15 is 0 Å². The number of benzene rings is 1. The molecule has 1 aromatic carbocycles. The fourth-order valence-corrected chi connectivity index (χ4v) is 1.50. The maximum Gasteiger partial charge on any atom is 0.124 e. The van der Waals surface area contributed by atoms with Gasteiger partial charge in [0.05, 0.1) is 6.10 Å². The van der Waals surface area contributed by atoms with E-state index in [1.165, 1.54) is 12.1 Å². The summed E-state index contributed by atoms with van der Waals surface area (Å²) in [5.41, 5.74) is 0.791. The number of anilines is 1. The largest absolute Gasteiger partial charge is 0.391 e. The molecule has 0 unspecified atom stereocenters. The van der Waals surface area contributed by atoms with Crippen LogP contribution in [-0.4, -0.2) is 17.8 Å². The molecule has 2 N–H and O–H groups in total. The lowest BCUT2D eigenvalue weighted by molar-refractivity contribution is 0.183. The molecular formula is C10H13BrFNO. The lowest BCUT2D eigenvalue weighted by Crippen LogP contribution is -2.18. The van der Waals surface area contributed by atoms with Crippen LogP contribution in [-0.2, 0) is 0 Å². The molecule has 1 aromatic rings. The lowest BCUT2D eigenvalue weighted by Gasteiger charge is -2.11. The van der Waals surface area contributed by atoms with Gasteiger partial charge in [-0.15, -0.1) is 0 Å².